The summed E-state index contributed by atoms with van der Waals surface area (Å²) in [6.45, 7) is 4.67. The maximum atomic E-state index is 12.0. The topological polar surface area (TPSA) is 92.4 Å². The molecule has 1 atom stereocenters. The van der Waals surface area contributed by atoms with Crippen LogP contribution in [0.15, 0.2) is 22.7 Å². The minimum absolute atomic E-state index is 0.116. The average molecular weight is 357 g/mol. The Hall–Kier alpha value is -1.40. The molecule has 1 rings (SSSR count). The molecule has 0 aromatic heterocycles. The molecule has 0 heterocycles. The molecule has 0 spiro atoms. The molecule has 0 aliphatic rings. The van der Waals surface area contributed by atoms with Crippen molar-refractivity contribution >= 4 is 33.5 Å². The van der Waals surface area contributed by atoms with Gasteiger partial charge in [0.2, 0.25) is 5.91 Å². The predicted molar refractivity (Wildman–Crippen MR) is 86.3 cm³/mol. The van der Waals surface area contributed by atoms with Crippen LogP contribution in [0, 0.1) is 11.8 Å². The van der Waals surface area contributed by atoms with Crippen LogP contribution in [0.4, 0.5) is 5.69 Å². The zero-order chi connectivity index (χ0) is 16.0. The fourth-order valence-corrected chi connectivity index (χ4v) is 2.62. The van der Waals surface area contributed by atoms with Crippen molar-refractivity contribution in [3.8, 4) is 0 Å². The summed E-state index contributed by atoms with van der Waals surface area (Å²) in [5.74, 6) is -0.474. The van der Waals surface area contributed by atoms with Crippen molar-refractivity contribution in [2.75, 3.05) is 11.9 Å². The van der Waals surface area contributed by atoms with Gasteiger partial charge in [0, 0.05) is 10.9 Å². The maximum absolute atomic E-state index is 12.0. The van der Waals surface area contributed by atoms with E-state index in [1.165, 1.54) is 12.1 Å². The molecule has 1 amide bonds. The first-order valence-electron chi connectivity index (χ1n) is 6.86. The molecule has 0 unspecified atom stereocenters. The number of halogens is 1. The minimum atomic E-state index is -1.01. The number of benzene rings is 1. The molecule has 0 bridgehead atoms. The number of aromatic carboxylic acids is 1. The molecule has 0 aliphatic carbocycles. The van der Waals surface area contributed by atoms with E-state index in [0.29, 0.717) is 29.0 Å². The molecule has 0 aliphatic heterocycles. The summed E-state index contributed by atoms with van der Waals surface area (Å²) in [5.41, 5.74) is 6.42. The van der Waals surface area contributed by atoms with Crippen molar-refractivity contribution in [1.29, 1.82) is 0 Å². The van der Waals surface area contributed by atoms with Crippen LogP contribution in [-0.2, 0) is 4.79 Å². The van der Waals surface area contributed by atoms with Crippen LogP contribution in [0.25, 0.3) is 0 Å². The standard InChI is InChI=1S/C15H21BrN2O3/c1-9(2)5-10(8-17)6-14(19)18-13-4-3-11(15(20)21)7-12(13)16/h3-4,7,9-10H,5-6,8,17H2,1-2H3,(H,18,19)(H,20,21)/t10-/m0/s1. The minimum Gasteiger partial charge on any atom is -0.478 e. The van der Waals surface area contributed by atoms with E-state index in [2.05, 4.69) is 35.1 Å². The molecule has 1 aromatic rings. The van der Waals surface area contributed by atoms with E-state index in [9.17, 15) is 9.59 Å². The second-order valence-electron chi connectivity index (χ2n) is 5.48. The van der Waals surface area contributed by atoms with Crippen molar-refractivity contribution in [1.82, 2.24) is 0 Å². The molecule has 0 saturated carbocycles. The van der Waals surface area contributed by atoms with Crippen LogP contribution in [0.2, 0.25) is 0 Å². The van der Waals surface area contributed by atoms with E-state index in [0.717, 1.165) is 6.42 Å². The Morgan fingerprint density at radius 3 is 2.52 bits per heavy atom. The number of amides is 1. The van der Waals surface area contributed by atoms with Gasteiger partial charge in [-0.3, -0.25) is 4.79 Å². The number of anilines is 1. The zero-order valence-corrected chi connectivity index (χ0v) is 13.8. The molecule has 0 saturated heterocycles. The molecule has 21 heavy (non-hydrogen) atoms. The highest BCUT2D eigenvalue weighted by Gasteiger charge is 2.15. The van der Waals surface area contributed by atoms with Crippen LogP contribution >= 0.6 is 15.9 Å². The van der Waals surface area contributed by atoms with Gasteiger partial charge in [0.25, 0.3) is 0 Å². The number of nitrogens with one attached hydrogen (secondary N) is 1. The van der Waals surface area contributed by atoms with E-state index in [4.69, 9.17) is 10.8 Å². The first-order chi connectivity index (χ1) is 9.83. The normalized spacial score (nSPS) is 12.2. The van der Waals surface area contributed by atoms with E-state index >= 15 is 0 Å². The monoisotopic (exact) mass is 356 g/mol. The number of carbonyl (C=O) groups is 2. The van der Waals surface area contributed by atoms with E-state index in [1.54, 1.807) is 6.07 Å². The summed E-state index contributed by atoms with van der Waals surface area (Å²) in [6, 6.07) is 4.50. The Kier molecular flexibility index (Phi) is 6.84. The van der Waals surface area contributed by atoms with Crippen LogP contribution < -0.4 is 11.1 Å². The largest absolute Gasteiger partial charge is 0.478 e. The number of rotatable bonds is 7. The predicted octanol–water partition coefficient (Wildman–Crippen LogP) is 3.10. The molecular formula is C15H21BrN2O3. The molecule has 0 radical (unpaired) electrons. The van der Waals surface area contributed by atoms with Gasteiger partial charge in [-0.2, -0.15) is 0 Å². The Balaban J connectivity index is 2.68. The first-order valence-corrected chi connectivity index (χ1v) is 7.65. The first kappa shape index (κ1) is 17.7. The summed E-state index contributed by atoms with van der Waals surface area (Å²) in [4.78, 5) is 22.9. The van der Waals surface area contributed by atoms with Gasteiger partial charge in [0.15, 0.2) is 0 Å². The molecule has 1 aromatic carbocycles. The van der Waals surface area contributed by atoms with E-state index in [-0.39, 0.29) is 17.4 Å². The summed E-state index contributed by atoms with van der Waals surface area (Å²) < 4.78 is 0.545. The summed E-state index contributed by atoms with van der Waals surface area (Å²) in [5, 5.41) is 11.7. The Morgan fingerprint density at radius 2 is 2.05 bits per heavy atom. The van der Waals surface area contributed by atoms with E-state index in [1.807, 2.05) is 0 Å². The molecule has 5 nitrogen and oxygen atoms in total. The molecule has 116 valence electrons. The van der Waals surface area contributed by atoms with Crippen LogP contribution in [-0.4, -0.2) is 23.5 Å². The van der Waals surface area contributed by atoms with Gasteiger partial charge in [0.05, 0.1) is 11.3 Å². The lowest BCUT2D eigenvalue weighted by molar-refractivity contribution is -0.117. The molecule has 4 N–H and O–H groups in total. The summed E-state index contributed by atoms with van der Waals surface area (Å²) in [6.07, 6.45) is 1.27. The number of carboxylic acid groups (broad SMARTS) is 1. The Labute approximate surface area is 133 Å². The number of carbonyl (C=O) groups excluding carboxylic acids is 1. The second-order valence-corrected chi connectivity index (χ2v) is 6.34. The summed E-state index contributed by atoms with van der Waals surface area (Å²) in [7, 11) is 0. The lowest BCUT2D eigenvalue weighted by Crippen LogP contribution is -2.23. The number of hydrogen-bond acceptors (Lipinski definition) is 3. The maximum Gasteiger partial charge on any atom is 0.335 e. The highest BCUT2D eigenvalue weighted by Crippen LogP contribution is 2.24. The molecular weight excluding hydrogens is 336 g/mol. The van der Waals surface area contributed by atoms with Gasteiger partial charge in [-0.25, -0.2) is 4.79 Å². The van der Waals surface area contributed by atoms with Crippen molar-refractivity contribution in [2.45, 2.75) is 26.7 Å². The zero-order valence-electron chi connectivity index (χ0n) is 12.2. The van der Waals surface area contributed by atoms with Crippen LogP contribution in [0.1, 0.15) is 37.0 Å². The Morgan fingerprint density at radius 1 is 1.38 bits per heavy atom. The van der Waals surface area contributed by atoms with Gasteiger partial charge in [-0.15, -0.1) is 0 Å². The van der Waals surface area contributed by atoms with Crippen molar-refractivity contribution < 1.29 is 14.7 Å². The fraction of sp³-hybridized carbons (Fsp3) is 0.467. The molecule has 6 heteroatoms. The number of hydrogen-bond donors (Lipinski definition) is 3. The van der Waals surface area contributed by atoms with Crippen molar-refractivity contribution in [3.05, 3.63) is 28.2 Å². The smallest absolute Gasteiger partial charge is 0.335 e. The third kappa shape index (κ3) is 5.85. The number of carboxylic acids is 1. The van der Waals surface area contributed by atoms with Gasteiger partial charge in [0.1, 0.15) is 0 Å². The van der Waals surface area contributed by atoms with Crippen LogP contribution in [0.5, 0.6) is 0 Å². The third-order valence-corrected chi connectivity index (χ3v) is 3.76. The Bertz CT molecular complexity index is 518. The SMILES string of the molecule is CC(C)C[C@H](CN)CC(=O)Nc1ccc(C(=O)O)cc1Br. The van der Waals surface area contributed by atoms with Gasteiger partial charge in [-0.05, 0) is 58.9 Å². The van der Waals surface area contributed by atoms with E-state index < -0.39 is 5.97 Å². The van der Waals surface area contributed by atoms with Crippen molar-refractivity contribution in [3.63, 3.8) is 0 Å². The average Bonchev–Trinajstić information content (AvgIpc) is 2.39. The molecule has 0 fully saturated rings. The van der Waals surface area contributed by atoms with Gasteiger partial charge >= 0.3 is 5.97 Å². The van der Waals surface area contributed by atoms with Crippen molar-refractivity contribution in [2.24, 2.45) is 17.6 Å². The lowest BCUT2D eigenvalue weighted by atomic mass is 9.94. The summed E-state index contributed by atoms with van der Waals surface area (Å²) >= 11 is 3.26. The number of nitrogens with two attached hydrogens (primary N) is 1. The van der Waals surface area contributed by atoms with Gasteiger partial charge < -0.3 is 16.2 Å². The second kappa shape index (κ2) is 8.14. The highest BCUT2D eigenvalue weighted by atomic mass is 79.9. The highest BCUT2D eigenvalue weighted by molar-refractivity contribution is 9.10. The van der Waals surface area contributed by atoms with Crippen LogP contribution in [0.3, 0.4) is 0 Å². The third-order valence-electron chi connectivity index (χ3n) is 3.10. The quantitative estimate of drug-likeness (QED) is 0.699. The lowest BCUT2D eigenvalue weighted by Gasteiger charge is -2.17. The fourth-order valence-electron chi connectivity index (χ4n) is 2.14. The van der Waals surface area contributed by atoms with Gasteiger partial charge in [-0.1, -0.05) is 13.8 Å².